The number of nitrogens with one attached hydrogen (secondary N) is 1. The van der Waals surface area contributed by atoms with Crippen LogP contribution in [0, 0.1) is 19.8 Å². The van der Waals surface area contributed by atoms with E-state index in [-0.39, 0.29) is 5.92 Å². The van der Waals surface area contributed by atoms with Gasteiger partial charge in [-0.05, 0) is 30.9 Å². The third kappa shape index (κ3) is 3.86. The largest absolute Gasteiger partial charge is 0.480 e. The Morgan fingerprint density at radius 3 is 2.47 bits per heavy atom. The van der Waals surface area contributed by atoms with Crippen molar-refractivity contribution in [2.45, 2.75) is 40.3 Å². The third-order valence-electron chi connectivity index (χ3n) is 2.94. The molecule has 1 aromatic carbocycles. The molecule has 2 N–H and O–H groups in total. The highest BCUT2D eigenvalue weighted by atomic mass is 16.4. The Kier molecular flexibility index (Phi) is 4.70. The van der Waals surface area contributed by atoms with Crippen LogP contribution in [0.15, 0.2) is 18.2 Å². The monoisotopic (exact) mass is 235 g/mol. The molecule has 3 heteroatoms. The fourth-order valence-electron chi connectivity index (χ4n) is 1.87. The van der Waals surface area contributed by atoms with Crippen molar-refractivity contribution in [2.75, 3.05) is 0 Å². The number of hydrogen-bond donors (Lipinski definition) is 2. The van der Waals surface area contributed by atoms with E-state index in [2.05, 4.69) is 37.4 Å². The van der Waals surface area contributed by atoms with E-state index in [1.807, 2.05) is 13.8 Å². The Bertz CT molecular complexity index is 399. The summed E-state index contributed by atoms with van der Waals surface area (Å²) in [5.41, 5.74) is 3.58. The van der Waals surface area contributed by atoms with Gasteiger partial charge in [-0.3, -0.25) is 4.79 Å². The van der Waals surface area contributed by atoms with Crippen molar-refractivity contribution in [1.82, 2.24) is 5.32 Å². The van der Waals surface area contributed by atoms with Crippen LogP contribution < -0.4 is 5.32 Å². The molecule has 0 bridgehead atoms. The van der Waals surface area contributed by atoms with Crippen LogP contribution in [0.5, 0.6) is 0 Å². The highest BCUT2D eigenvalue weighted by Crippen LogP contribution is 2.11. The SMILES string of the molecule is Cc1ccc(CNC(C(=O)O)C(C)C)c(C)c1. The second kappa shape index (κ2) is 5.82. The van der Waals surface area contributed by atoms with Gasteiger partial charge in [0, 0.05) is 6.54 Å². The van der Waals surface area contributed by atoms with E-state index in [4.69, 9.17) is 5.11 Å². The molecule has 0 aliphatic rings. The minimum absolute atomic E-state index is 0.0817. The summed E-state index contributed by atoms with van der Waals surface area (Å²) in [4.78, 5) is 11.0. The first-order valence-corrected chi connectivity index (χ1v) is 5.94. The van der Waals surface area contributed by atoms with E-state index >= 15 is 0 Å². The average Bonchev–Trinajstić information content (AvgIpc) is 2.20. The van der Waals surface area contributed by atoms with Crippen molar-refractivity contribution in [3.05, 3.63) is 34.9 Å². The number of aryl methyl sites for hydroxylation is 2. The van der Waals surface area contributed by atoms with Crippen molar-refractivity contribution < 1.29 is 9.90 Å². The second-order valence-corrected chi connectivity index (χ2v) is 4.87. The molecule has 0 radical (unpaired) electrons. The van der Waals surface area contributed by atoms with E-state index in [1.54, 1.807) is 0 Å². The topological polar surface area (TPSA) is 49.3 Å². The molecule has 0 heterocycles. The Morgan fingerprint density at radius 2 is 2.00 bits per heavy atom. The molecule has 0 aliphatic heterocycles. The molecule has 0 aromatic heterocycles. The first-order valence-electron chi connectivity index (χ1n) is 5.94. The Hall–Kier alpha value is -1.35. The van der Waals surface area contributed by atoms with E-state index in [0.29, 0.717) is 6.54 Å². The Balaban J connectivity index is 2.69. The summed E-state index contributed by atoms with van der Waals surface area (Å²) >= 11 is 0. The molecule has 0 aliphatic carbocycles. The van der Waals surface area contributed by atoms with Crippen LogP contribution in [-0.2, 0) is 11.3 Å². The van der Waals surface area contributed by atoms with E-state index in [1.165, 1.54) is 11.1 Å². The molecular weight excluding hydrogens is 214 g/mol. The summed E-state index contributed by atoms with van der Waals surface area (Å²) in [6, 6.07) is 5.73. The van der Waals surface area contributed by atoms with Gasteiger partial charge in [-0.15, -0.1) is 0 Å². The van der Waals surface area contributed by atoms with Gasteiger partial charge in [0.25, 0.3) is 0 Å². The number of hydrogen-bond acceptors (Lipinski definition) is 2. The molecule has 17 heavy (non-hydrogen) atoms. The molecule has 0 amide bonds. The van der Waals surface area contributed by atoms with Gasteiger partial charge in [-0.2, -0.15) is 0 Å². The molecule has 0 fully saturated rings. The van der Waals surface area contributed by atoms with Gasteiger partial charge < -0.3 is 10.4 Å². The van der Waals surface area contributed by atoms with Gasteiger partial charge in [0.1, 0.15) is 6.04 Å². The van der Waals surface area contributed by atoms with Crippen molar-refractivity contribution in [2.24, 2.45) is 5.92 Å². The van der Waals surface area contributed by atoms with E-state index in [0.717, 1.165) is 5.56 Å². The highest BCUT2D eigenvalue weighted by Gasteiger charge is 2.20. The second-order valence-electron chi connectivity index (χ2n) is 4.87. The molecule has 1 aromatic rings. The zero-order chi connectivity index (χ0) is 13.0. The van der Waals surface area contributed by atoms with Gasteiger partial charge >= 0.3 is 5.97 Å². The lowest BCUT2D eigenvalue weighted by atomic mass is 10.0. The maximum Gasteiger partial charge on any atom is 0.320 e. The van der Waals surface area contributed by atoms with Crippen molar-refractivity contribution in [3.8, 4) is 0 Å². The molecule has 0 saturated carbocycles. The average molecular weight is 235 g/mol. The fraction of sp³-hybridized carbons (Fsp3) is 0.500. The first-order chi connectivity index (χ1) is 7.91. The minimum atomic E-state index is -0.787. The van der Waals surface area contributed by atoms with Crippen LogP contribution >= 0.6 is 0 Å². The van der Waals surface area contributed by atoms with Gasteiger partial charge in [-0.1, -0.05) is 37.6 Å². The standard InChI is InChI=1S/C14H21NO2/c1-9(2)13(14(16)17)15-8-12-6-5-10(3)7-11(12)4/h5-7,9,13,15H,8H2,1-4H3,(H,16,17). The van der Waals surface area contributed by atoms with Gasteiger partial charge in [-0.25, -0.2) is 0 Å². The van der Waals surface area contributed by atoms with Crippen LogP contribution in [0.2, 0.25) is 0 Å². The number of aliphatic carboxylic acids is 1. The minimum Gasteiger partial charge on any atom is -0.480 e. The van der Waals surface area contributed by atoms with Crippen molar-refractivity contribution >= 4 is 5.97 Å². The molecule has 3 nitrogen and oxygen atoms in total. The van der Waals surface area contributed by atoms with Gasteiger partial charge in [0.2, 0.25) is 0 Å². The van der Waals surface area contributed by atoms with Crippen LogP contribution in [-0.4, -0.2) is 17.1 Å². The van der Waals surface area contributed by atoms with Crippen LogP contribution in [0.4, 0.5) is 0 Å². The molecule has 0 saturated heterocycles. The highest BCUT2D eigenvalue weighted by molar-refractivity contribution is 5.73. The summed E-state index contributed by atoms with van der Waals surface area (Å²) in [6.07, 6.45) is 0. The smallest absolute Gasteiger partial charge is 0.320 e. The number of benzene rings is 1. The normalized spacial score (nSPS) is 12.8. The van der Waals surface area contributed by atoms with Crippen LogP contribution in [0.3, 0.4) is 0 Å². The number of rotatable bonds is 5. The Morgan fingerprint density at radius 1 is 1.35 bits per heavy atom. The zero-order valence-corrected chi connectivity index (χ0v) is 10.9. The molecule has 0 spiro atoms. The summed E-state index contributed by atoms with van der Waals surface area (Å²) in [5.74, 6) is -0.706. The van der Waals surface area contributed by atoms with Crippen molar-refractivity contribution in [1.29, 1.82) is 0 Å². The molecule has 1 unspecified atom stereocenters. The van der Waals surface area contributed by atoms with Crippen LogP contribution in [0.1, 0.15) is 30.5 Å². The molecule has 1 rings (SSSR count). The molecule has 94 valence electrons. The fourth-order valence-corrected chi connectivity index (χ4v) is 1.87. The lowest BCUT2D eigenvalue weighted by Gasteiger charge is -2.18. The van der Waals surface area contributed by atoms with Gasteiger partial charge in [0.15, 0.2) is 0 Å². The molecular formula is C14H21NO2. The number of carboxylic acid groups (broad SMARTS) is 1. The van der Waals surface area contributed by atoms with E-state index in [9.17, 15) is 4.79 Å². The van der Waals surface area contributed by atoms with E-state index < -0.39 is 12.0 Å². The Labute approximate surface area is 103 Å². The third-order valence-corrected chi connectivity index (χ3v) is 2.94. The number of carbonyl (C=O) groups is 1. The quantitative estimate of drug-likeness (QED) is 0.824. The zero-order valence-electron chi connectivity index (χ0n) is 10.9. The lowest BCUT2D eigenvalue weighted by molar-refractivity contribution is -0.140. The maximum atomic E-state index is 11.0. The maximum absolute atomic E-state index is 11.0. The summed E-state index contributed by atoms with van der Waals surface area (Å²) in [5, 5.41) is 12.2. The van der Waals surface area contributed by atoms with Crippen molar-refractivity contribution in [3.63, 3.8) is 0 Å². The predicted molar refractivity (Wildman–Crippen MR) is 69.0 cm³/mol. The number of carboxylic acids is 1. The first kappa shape index (κ1) is 13.7. The molecule has 1 atom stereocenters. The van der Waals surface area contributed by atoms with Gasteiger partial charge in [0.05, 0.1) is 0 Å². The van der Waals surface area contributed by atoms with Crippen LogP contribution in [0.25, 0.3) is 0 Å². The summed E-state index contributed by atoms with van der Waals surface area (Å²) in [6.45, 7) is 8.52. The summed E-state index contributed by atoms with van der Waals surface area (Å²) < 4.78 is 0. The summed E-state index contributed by atoms with van der Waals surface area (Å²) in [7, 11) is 0. The lowest BCUT2D eigenvalue weighted by Crippen LogP contribution is -2.40. The predicted octanol–water partition coefficient (Wildman–Crippen LogP) is 2.50.